The molecule has 2 aromatic rings. The van der Waals surface area contributed by atoms with E-state index in [1.54, 1.807) is 13.8 Å². The van der Waals surface area contributed by atoms with Crippen LogP contribution in [0.25, 0.3) is 0 Å². The molecule has 0 radical (unpaired) electrons. The highest BCUT2D eigenvalue weighted by Crippen LogP contribution is 2.44. The van der Waals surface area contributed by atoms with Crippen molar-refractivity contribution in [1.82, 2.24) is 0 Å². The van der Waals surface area contributed by atoms with Crippen molar-refractivity contribution in [2.75, 3.05) is 0 Å². The van der Waals surface area contributed by atoms with Crippen molar-refractivity contribution in [3.05, 3.63) is 79.2 Å². The molecular weight excluding hydrogens is 384 g/mol. The minimum absolute atomic E-state index is 0.0546. The smallest absolute Gasteiger partial charge is 0.340 e. The summed E-state index contributed by atoms with van der Waals surface area (Å²) in [5.74, 6) is -3.13. The van der Waals surface area contributed by atoms with Gasteiger partial charge in [0.1, 0.15) is 17.9 Å². The van der Waals surface area contributed by atoms with Gasteiger partial charge < -0.3 is 24.7 Å². The van der Waals surface area contributed by atoms with Gasteiger partial charge in [0.25, 0.3) is 5.69 Å². The van der Waals surface area contributed by atoms with E-state index in [1.165, 1.54) is 24.3 Å². The molecule has 29 heavy (non-hydrogen) atoms. The number of rotatable bonds is 5. The second kappa shape index (κ2) is 7.76. The summed E-state index contributed by atoms with van der Waals surface area (Å²) < 4.78 is 16.1. The Kier molecular flexibility index (Phi) is 5.37. The maximum Gasteiger partial charge on any atom is 0.340 e. The van der Waals surface area contributed by atoms with Crippen LogP contribution in [0.4, 0.5) is 5.69 Å². The first-order valence-corrected chi connectivity index (χ1v) is 8.64. The highest BCUT2D eigenvalue weighted by Gasteiger charge is 2.42. The van der Waals surface area contributed by atoms with Gasteiger partial charge in [0.2, 0.25) is 17.1 Å². The number of nitrogens with zero attached hydrogens (tertiary/aromatic N) is 1. The molecule has 0 saturated heterocycles. The lowest BCUT2D eigenvalue weighted by atomic mass is 9.85. The molecule has 0 saturated carbocycles. The van der Waals surface area contributed by atoms with E-state index in [0.717, 1.165) is 6.07 Å². The van der Waals surface area contributed by atoms with Crippen LogP contribution in [0, 0.1) is 10.1 Å². The average Bonchev–Trinajstić information content (AvgIpc) is 2.66. The van der Waals surface area contributed by atoms with Crippen molar-refractivity contribution in [3.63, 3.8) is 0 Å². The van der Waals surface area contributed by atoms with Crippen molar-refractivity contribution in [2.24, 2.45) is 5.73 Å². The van der Waals surface area contributed by atoms with Gasteiger partial charge in [-0.2, -0.15) is 0 Å². The fourth-order valence-electron chi connectivity index (χ4n) is 3.05. The average molecular weight is 402 g/mol. The predicted octanol–water partition coefficient (Wildman–Crippen LogP) is 1.69. The molecule has 1 aromatic carbocycles. The summed E-state index contributed by atoms with van der Waals surface area (Å²) in [6.45, 7) is 2.64. The molecule has 0 unspecified atom stereocenters. The monoisotopic (exact) mass is 402 g/mol. The largest absolute Gasteiger partial charge is 0.459 e. The van der Waals surface area contributed by atoms with Crippen LogP contribution in [0.1, 0.15) is 36.8 Å². The van der Waals surface area contributed by atoms with E-state index in [0.29, 0.717) is 0 Å². The van der Waals surface area contributed by atoms with Crippen LogP contribution in [0.15, 0.2) is 51.0 Å². The van der Waals surface area contributed by atoms with Gasteiger partial charge in [0.05, 0.1) is 16.9 Å². The van der Waals surface area contributed by atoms with E-state index < -0.39 is 40.8 Å². The van der Waals surface area contributed by atoms with Crippen LogP contribution in [0.2, 0.25) is 0 Å². The fraction of sp³-hybridized carbons (Fsp3) is 0.263. The molecule has 0 fully saturated rings. The quantitative estimate of drug-likeness (QED) is 0.431. The van der Waals surface area contributed by atoms with Gasteiger partial charge in [-0.25, -0.2) is 4.79 Å². The molecule has 1 atom stereocenters. The molecule has 3 N–H and O–H groups in total. The maximum atomic E-state index is 12.8. The number of aliphatic hydroxyl groups excluding tert-OH is 1. The highest BCUT2D eigenvalue weighted by molar-refractivity contribution is 5.92. The van der Waals surface area contributed by atoms with Crippen LogP contribution in [0.3, 0.4) is 0 Å². The summed E-state index contributed by atoms with van der Waals surface area (Å²) >= 11 is 0. The number of fused-ring (bicyclic) bond motifs is 1. The first kappa shape index (κ1) is 20.1. The van der Waals surface area contributed by atoms with E-state index in [2.05, 4.69) is 0 Å². The number of nitro groups is 1. The summed E-state index contributed by atoms with van der Waals surface area (Å²) in [5, 5.41) is 21.0. The van der Waals surface area contributed by atoms with Crippen LogP contribution >= 0.6 is 0 Å². The SMILES string of the molecule is CC(C)OC(=O)C1=C(N)Oc2c(oc(CO)cc2=O)[C@H]1c1ccccc1[N+](=O)[O-]. The van der Waals surface area contributed by atoms with Gasteiger partial charge in [-0.15, -0.1) is 0 Å². The van der Waals surface area contributed by atoms with Crippen molar-refractivity contribution in [1.29, 1.82) is 0 Å². The first-order valence-electron chi connectivity index (χ1n) is 8.64. The lowest BCUT2D eigenvalue weighted by Crippen LogP contribution is -2.31. The number of benzene rings is 1. The maximum absolute atomic E-state index is 12.8. The van der Waals surface area contributed by atoms with E-state index in [4.69, 9.17) is 19.6 Å². The van der Waals surface area contributed by atoms with Crippen molar-refractivity contribution >= 4 is 11.7 Å². The molecule has 152 valence electrons. The number of carbonyl (C=O) groups excluding carboxylic acids is 1. The first-order chi connectivity index (χ1) is 13.7. The minimum atomic E-state index is -1.24. The highest BCUT2D eigenvalue weighted by atomic mass is 16.6. The van der Waals surface area contributed by atoms with Crippen molar-refractivity contribution < 1.29 is 28.7 Å². The zero-order valence-corrected chi connectivity index (χ0v) is 15.6. The molecule has 2 heterocycles. The number of hydrogen-bond donors (Lipinski definition) is 2. The van der Waals surface area contributed by atoms with Crippen LogP contribution in [-0.4, -0.2) is 22.1 Å². The van der Waals surface area contributed by atoms with Crippen LogP contribution < -0.4 is 15.9 Å². The topological polar surface area (TPSA) is 155 Å². The van der Waals surface area contributed by atoms with Gasteiger partial charge in [-0.1, -0.05) is 18.2 Å². The molecule has 0 bridgehead atoms. The summed E-state index contributed by atoms with van der Waals surface area (Å²) in [7, 11) is 0. The Morgan fingerprint density at radius 3 is 2.69 bits per heavy atom. The molecule has 1 aliphatic heterocycles. The van der Waals surface area contributed by atoms with Crippen LogP contribution in [-0.2, 0) is 16.1 Å². The Balaban J connectivity index is 2.33. The molecule has 10 nitrogen and oxygen atoms in total. The number of para-hydroxylation sites is 1. The second-order valence-electron chi connectivity index (χ2n) is 6.51. The Bertz CT molecular complexity index is 1070. The summed E-state index contributed by atoms with van der Waals surface area (Å²) in [6.07, 6.45) is -0.508. The van der Waals surface area contributed by atoms with Crippen molar-refractivity contribution in [2.45, 2.75) is 32.5 Å². The molecule has 3 rings (SSSR count). The Hall–Kier alpha value is -3.66. The third-order valence-corrected chi connectivity index (χ3v) is 4.17. The van der Waals surface area contributed by atoms with Gasteiger partial charge in [0.15, 0.2) is 5.76 Å². The molecule has 10 heteroatoms. The van der Waals surface area contributed by atoms with E-state index in [9.17, 15) is 24.8 Å². The third-order valence-electron chi connectivity index (χ3n) is 4.17. The van der Waals surface area contributed by atoms with Gasteiger partial charge >= 0.3 is 5.97 Å². The molecule has 0 amide bonds. The van der Waals surface area contributed by atoms with Gasteiger partial charge in [0, 0.05) is 17.7 Å². The van der Waals surface area contributed by atoms with Gasteiger partial charge in [-0.05, 0) is 13.8 Å². The summed E-state index contributed by atoms with van der Waals surface area (Å²) in [4.78, 5) is 36.1. The number of nitrogens with two attached hydrogens (primary N) is 1. The standard InChI is InChI=1S/C19H18N2O8/c1-9(2)27-19(24)15-14(11-5-3-4-6-12(11)21(25)26)17-16(29-18(15)20)13(23)7-10(8-22)28-17/h3-7,9,14,22H,8,20H2,1-2H3/t14-/m0/s1. The predicted molar refractivity (Wildman–Crippen MR) is 98.9 cm³/mol. The molecule has 1 aliphatic rings. The second-order valence-corrected chi connectivity index (χ2v) is 6.51. The normalized spacial score (nSPS) is 15.7. The molecule has 1 aromatic heterocycles. The molecular formula is C19H18N2O8. The van der Waals surface area contributed by atoms with E-state index >= 15 is 0 Å². The lowest BCUT2D eigenvalue weighted by Gasteiger charge is -2.27. The van der Waals surface area contributed by atoms with Crippen LogP contribution in [0.5, 0.6) is 5.75 Å². The van der Waals surface area contributed by atoms with Crippen molar-refractivity contribution in [3.8, 4) is 5.75 Å². The number of nitro benzene ring substituents is 1. The Morgan fingerprint density at radius 1 is 1.38 bits per heavy atom. The fourth-order valence-corrected chi connectivity index (χ4v) is 3.05. The number of hydrogen-bond acceptors (Lipinski definition) is 9. The number of esters is 1. The minimum Gasteiger partial charge on any atom is -0.459 e. The lowest BCUT2D eigenvalue weighted by molar-refractivity contribution is -0.385. The van der Waals surface area contributed by atoms with E-state index in [-0.39, 0.29) is 34.1 Å². The molecule has 0 aliphatic carbocycles. The zero-order chi connectivity index (χ0) is 21.3. The Morgan fingerprint density at radius 2 is 2.07 bits per heavy atom. The number of ether oxygens (including phenoxy) is 2. The number of carbonyl (C=O) groups is 1. The third kappa shape index (κ3) is 3.69. The Labute approximate surface area is 164 Å². The molecule has 0 spiro atoms. The van der Waals surface area contributed by atoms with E-state index in [1.807, 2.05) is 0 Å². The zero-order valence-electron chi connectivity index (χ0n) is 15.6. The van der Waals surface area contributed by atoms with Gasteiger partial charge in [-0.3, -0.25) is 14.9 Å². The number of aliphatic hydroxyl groups is 1. The summed E-state index contributed by atoms with van der Waals surface area (Å²) in [6, 6.07) is 6.67. The summed E-state index contributed by atoms with van der Waals surface area (Å²) in [5.41, 5.74) is 4.77.